The highest BCUT2D eigenvalue weighted by Gasteiger charge is 2.16. The summed E-state index contributed by atoms with van der Waals surface area (Å²) in [5.41, 5.74) is 0.999. The summed E-state index contributed by atoms with van der Waals surface area (Å²) in [6.45, 7) is 4.26. The molecule has 0 radical (unpaired) electrons. The van der Waals surface area contributed by atoms with Crippen molar-refractivity contribution in [1.29, 1.82) is 0 Å². The number of hydrogen-bond donors (Lipinski definition) is 1. The van der Waals surface area contributed by atoms with Crippen LogP contribution < -0.4 is 4.72 Å². The normalized spacial score (nSPS) is 11.8. The molecule has 1 heterocycles. The van der Waals surface area contributed by atoms with Crippen LogP contribution in [0.15, 0.2) is 29.2 Å². The van der Waals surface area contributed by atoms with Crippen LogP contribution in [0, 0.1) is 13.8 Å². The van der Waals surface area contributed by atoms with Gasteiger partial charge in [0.05, 0.1) is 15.7 Å². The van der Waals surface area contributed by atoms with E-state index in [-0.39, 0.29) is 9.92 Å². The van der Waals surface area contributed by atoms with Crippen LogP contribution in [0.5, 0.6) is 0 Å². The summed E-state index contributed by atoms with van der Waals surface area (Å²) in [5, 5.41) is 1.16. The monoisotopic (exact) mass is 330 g/mol. The maximum Gasteiger partial charge on any atom is 0.242 e. The summed E-state index contributed by atoms with van der Waals surface area (Å²) in [6.07, 6.45) is 0.572. The van der Waals surface area contributed by atoms with Gasteiger partial charge in [-0.3, -0.25) is 0 Å². The Kier molecular flexibility index (Phi) is 4.80. The lowest BCUT2D eigenvalue weighted by Crippen LogP contribution is -2.26. The Hall–Kier alpha value is -0.950. The van der Waals surface area contributed by atoms with Gasteiger partial charge < -0.3 is 0 Å². The molecule has 0 saturated carbocycles. The van der Waals surface area contributed by atoms with Gasteiger partial charge in [0, 0.05) is 17.8 Å². The quantitative estimate of drug-likeness (QED) is 0.917. The third-order valence-electron chi connectivity index (χ3n) is 2.83. The number of benzene rings is 1. The van der Waals surface area contributed by atoms with Crippen LogP contribution in [0.25, 0.3) is 0 Å². The third kappa shape index (κ3) is 3.58. The molecule has 1 aromatic heterocycles. The van der Waals surface area contributed by atoms with Gasteiger partial charge in [-0.15, -0.1) is 11.3 Å². The van der Waals surface area contributed by atoms with E-state index in [1.54, 1.807) is 29.5 Å². The molecule has 2 aromatic rings. The molecular formula is C13H15ClN2O2S2. The van der Waals surface area contributed by atoms with E-state index in [1.165, 1.54) is 6.07 Å². The van der Waals surface area contributed by atoms with Crippen LogP contribution in [0.1, 0.15) is 15.6 Å². The van der Waals surface area contributed by atoms with Crippen molar-refractivity contribution >= 4 is 33.0 Å². The number of nitrogens with one attached hydrogen (secondary N) is 1. The van der Waals surface area contributed by atoms with Crippen LogP contribution in [-0.4, -0.2) is 19.9 Å². The van der Waals surface area contributed by atoms with Crippen molar-refractivity contribution in [2.45, 2.75) is 25.2 Å². The number of sulfonamides is 1. The topological polar surface area (TPSA) is 59.1 Å². The predicted molar refractivity (Wildman–Crippen MR) is 81.9 cm³/mol. The molecule has 0 unspecified atom stereocenters. The number of halogens is 1. The number of thiazole rings is 1. The minimum atomic E-state index is -3.57. The van der Waals surface area contributed by atoms with Gasteiger partial charge in [-0.05, 0) is 26.0 Å². The highest BCUT2D eigenvalue weighted by Crippen LogP contribution is 2.20. The van der Waals surface area contributed by atoms with E-state index in [2.05, 4.69) is 9.71 Å². The first kappa shape index (κ1) is 15.4. The molecule has 20 heavy (non-hydrogen) atoms. The molecule has 0 fully saturated rings. The zero-order valence-corrected chi connectivity index (χ0v) is 13.6. The lowest BCUT2D eigenvalue weighted by Gasteiger charge is -2.07. The molecule has 0 bridgehead atoms. The van der Waals surface area contributed by atoms with Gasteiger partial charge in [-0.2, -0.15) is 0 Å². The molecule has 0 aliphatic heterocycles. The molecule has 0 atom stereocenters. The second-order valence-corrected chi connectivity index (χ2v) is 7.76. The van der Waals surface area contributed by atoms with E-state index in [4.69, 9.17) is 11.6 Å². The van der Waals surface area contributed by atoms with Gasteiger partial charge >= 0.3 is 0 Å². The first-order chi connectivity index (χ1) is 9.40. The fourth-order valence-corrected chi connectivity index (χ4v) is 4.16. The number of aryl methyl sites for hydroxylation is 2. The number of aromatic nitrogens is 1. The molecular weight excluding hydrogens is 316 g/mol. The average Bonchev–Trinajstić information content (AvgIpc) is 2.68. The van der Waals surface area contributed by atoms with Gasteiger partial charge in [0.1, 0.15) is 4.90 Å². The maximum absolute atomic E-state index is 12.1. The summed E-state index contributed by atoms with van der Waals surface area (Å²) < 4.78 is 26.8. The smallest absolute Gasteiger partial charge is 0.242 e. The van der Waals surface area contributed by atoms with Crippen LogP contribution >= 0.6 is 22.9 Å². The second-order valence-electron chi connectivity index (χ2n) is 4.33. The molecule has 2 rings (SSSR count). The Balaban J connectivity index is 2.02. The van der Waals surface area contributed by atoms with E-state index in [0.717, 1.165) is 15.6 Å². The van der Waals surface area contributed by atoms with Crippen molar-refractivity contribution in [3.63, 3.8) is 0 Å². The number of rotatable bonds is 5. The highest BCUT2D eigenvalue weighted by atomic mass is 35.5. The fourth-order valence-electron chi connectivity index (χ4n) is 1.68. The van der Waals surface area contributed by atoms with Crippen molar-refractivity contribution in [3.05, 3.63) is 44.9 Å². The third-order valence-corrected chi connectivity index (χ3v) is 5.92. The van der Waals surface area contributed by atoms with Crippen molar-refractivity contribution < 1.29 is 8.42 Å². The SMILES string of the molecule is Cc1nc(CCNS(=O)(=O)c2ccccc2Cl)sc1C. The molecule has 1 aromatic carbocycles. The lowest BCUT2D eigenvalue weighted by molar-refractivity contribution is 0.581. The molecule has 0 aliphatic rings. The van der Waals surface area contributed by atoms with E-state index in [9.17, 15) is 8.42 Å². The maximum atomic E-state index is 12.1. The van der Waals surface area contributed by atoms with Crippen LogP contribution in [-0.2, 0) is 16.4 Å². The largest absolute Gasteiger partial charge is 0.246 e. The van der Waals surface area contributed by atoms with Gasteiger partial charge in [0.2, 0.25) is 10.0 Å². The summed E-state index contributed by atoms with van der Waals surface area (Å²) >= 11 is 7.49. The summed E-state index contributed by atoms with van der Waals surface area (Å²) in [7, 11) is -3.57. The number of hydrogen-bond acceptors (Lipinski definition) is 4. The summed E-state index contributed by atoms with van der Waals surface area (Å²) in [6, 6.07) is 6.39. The van der Waals surface area contributed by atoms with E-state index in [1.807, 2.05) is 13.8 Å². The number of nitrogens with zero attached hydrogens (tertiary/aromatic N) is 1. The lowest BCUT2D eigenvalue weighted by atomic mass is 10.4. The van der Waals surface area contributed by atoms with Crippen LogP contribution in [0.4, 0.5) is 0 Å². The van der Waals surface area contributed by atoms with Crippen molar-refractivity contribution in [2.75, 3.05) is 6.54 Å². The standard InChI is InChI=1S/C13H15ClN2O2S2/c1-9-10(2)19-13(16-9)7-8-15-20(17,18)12-6-4-3-5-11(12)14/h3-6,15H,7-8H2,1-2H3. The van der Waals surface area contributed by atoms with Gasteiger partial charge in [0.15, 0.2) is 0 Å². The Morgan fingerprint density at radius 2 is 2.00 bits per heavy atom. The molecule has 0 amide bonds. The van der Waals surface area contributed by atoms with E-state index < -0.39 is 10.0 Å². The zero-order chi connectivity index (χ0) is 14.8. The highest BCUT2D eigenvalue weighted by molar-refractivity contribution is 7.89. The van der Waals surface area contributed by atoms with Gasteiger partial charge in [-0.1, -0.05) is 23.7 Å². The Morgan fingerprint density at radius 3 is 2.60 bits per heavy atom. The van der Waals surface area contributed by atoms with E-state index in [0.29, 0.717) is 13.0 Å². The molecule has 1 N–H and O–H groups in total. The van der Waals surface area contributed by atoms with Crippen LogP contribution in [0.2, 0.25) is 5.02 Å². The van der Waals surface area contributed by atoms with Crippen molar-refractivity contribution in [1.82, 2.24) is 9.71 Å². The minimum Gasteiger partial charge on any atom is -0.246 e. The Labute approximate surface area is 127 Å². The minimum absolute atomic E-state index is 0.105. The molecule has 0 spiro atoms. The van der Waals surface area contributed by atoms with Crippen molar-refractivity contribution in [3.8, 4) is 0 Å². The van der Waals surface area contributed by atoms with Gasteiger partial charge in [-0.25, -0.2) is 18.1 Å². The summed E-state index contributed by atoms with van der Waals surface area (Å²) in [5.74, 6) is 0. The Bertz CT molecular complexity index is 691. The van der Waals surface area contributed by atoms with E-state index >= 15 is 0 Å². The van der Waals surface area contributed by atoms with Crippen molar-refractivity contribution in [2.24, 2.45) is 0 Å². The van der Waals surface area contributed by atoms with Crippen LogP contribution in [0.3, 0.4) is 0 Å². The Morgan fingerprint density at radius 1 is 1.30 bits per heavy atom. The second kappa shape index (κ2) is 6.22. The fraction of sp³-hybridized carbons (Fsp3) is 0.308. The molecule has 108 valence electrons. The molecule has 4 nitrogen and oxygen atoms in total. The molecule has 0 aliphatic carbocycles. The first-order valence-corrected chi connectivity index (χ1v) is 8.75. The average molecular weight is 331 g/mol. The summed E-state index contributed by atoms with van der Waals surface area (Å²) in [4.78, 5) is 5.64. The molecule has 7 heteroatoms. The van der Waals surface area contributed by atoms with Gasteiger partial charge in [0.25, 0.3) is 0 Å². The zero-order valence-electron chi connectivity index (χ0n) is 11.2. The molecule has 0 saturated heterocycles. The first-order valence-electron chi connectivity index (χ1n) is 6.07. The predicted octanol–water partition coefficient (Wildman–Crippen LogP) is 2.93.